The minimum atomic E-state index is 0.385. The van der Waals surface area contributed by atoms with Crippen LogP contribution in [0.25, 0.3) is 0 Å². The summed E-state index contributed by atoms with van der Waals surface area (Å²) in [5.74, 6) is 0. The Labute approximate surface area is 103 Å². The Bertz CT molecular complexity index is 365. The molecule has 2 aliphatic heterocycles. The van der Waals surface area contributed by atoms with E-state index in [4.69, 9.17) is 5.73 Å². The molecule has 3 N–H and O–H groups in total. The van der Waals surface area contributed by atoms with Crippen LogP contribution in [-0.4, -0.2) is 36.2 Å². The predicted molar refractivity (Wildman–Crippen MR) is 69.6 cm³/mol. The third-order valence-electron chi connectivity index (χ3n) is 4.13. The average Bonchev–Trinajstić information content (AvgIpc) is 2.74. The Hall–Kier alpha value is -0.900. The molecule has 1 unspecified atom stereocenters. The van der Waals surface area contributed by atoms with Gasteiger partial charge in [0.25, 0.3) is 0 Å². The maximum absolute atomic E-state index is 6.18. The first kappa shape index (κ1) is 11.2. The summed E-state index contributed by atoms with van der Waals surface area (Å²) in [5, 5.41) is 3.63. The monoisotopic (exact) mass is 231 g/mol. The van der Waals surface area contributed by atoms with E-state index in [1.165, 1.54) is 12.0 Å². The van der Waals surface area contributed by atoms with E-state index in [-0.39, 0.29) is 0 Å². The van der Waals surface area contributed by atoms with E-state index in [0.717, 1.165) is 25.9 Å². The maximum atomic E-state index is 6.18. The minimum absolute atomic E-state index is 0.385. The van der Waals surface area contributed by atoms with E-state index in [2.05, 4.69) is 40.5 Å². The summed E-state index contributed by atoms with van der Waals surface area (Å²) in [4.78, 5) is 2.57. The molecule has 0 aromatic heterocycles. The molecule has 3 heteroatoms. The van der Waals surface area contributed by atoms with E-state index in [0.29, 0.717) is 18.2 Å². The lowest BCUT2D eigenvalue weighted by atomic mass is 10.0. The fourth-order valence-corrected chi connectivity index (χ4v) is 3.21. The summed E-state index contributed by atoms with van der Waals surface area (Å²) >= 11 is 0. The SMILES string of the molecule is N[C@H]1CCN2C(Cc3ccccc3)NCC[C@@H]12. The van der Waals surface area contributed by atoms with Gasteiger partial charge in [-0.1, -0.05) is 30.3 Å². The molecule has 2 fully saturated rings. The summed E-state index contributed by atoms with van der Waals surface area (Å²) in [6.07, 6.45) is 3.92. The zero-order valence-electron chi connectivity index (χ0n) is 10.2. The number of fused-ring (bicyclic) bond motifs is 1. The fraction of sp³-hybridized carbons (Fsp3) is 0.571. The van der Waals surface area contributed by atoms with Crippen LogP contribution in [0.2, 0.25) is 0 Å². The van der Waals surface area contributed by atoms with Crippen LogP contribution in [-0.2, 0) is 6.42 Å². The normalized spacial score (nSPS) is 33.6. The Morgan fingerprint density at radius 3 is 2.88 bits per heavy atom. The second kappa shape index (κ2) is 4.77. The molecular weight excluding hydrogens is 210 g/mol. The van der Waals surface area contributed by atoms with E-state index < -0.39 is 0 Å². The van der Waals surface area contributed by atoms with Crippen LogP contribution in [0.15, 0.2) is 30.3 Å². The van der Waals surface area contributed by atoms with Crippen molar-refractivity contribution in [1.82, 2.24) is 10.2 Å². The number of nitrogens with one attached hydrogen (secondary N) is 1. The van der Waals surface area contributed by atoms with Gasteiger partial charge in [0.15, 0.2) is 0 Å². The Morgan fingerprint density at radius 1 is 1.24 bits per heavy atom. The highest BCUT2D eigenvalue weighted by atomic mass is 15.3. The van der Waals surface area contributed by atoms with E-state index >= 15 is 0 Å². The van der Waals surface area contributed by atoms with Gasteiger partial charge in [0.2, 0.25) is 0 Å². The van der Waals surface area contributed by atoms with E-state index in [1.807, 2.05) is 0 Å². The van der Waals surface area contributed by atoms with E-state index in [1.54, 1.807) is 0 Å². The molecule has 0 radical (unpaired) electrons. The van der Waals surface area contributed by atoms with Crippen molar-refractivity contribution in [2.75, 3.05) is 13.1 Å². The predicted octanol–water partition coefficient (Wildman–Crippen LogP) is 0.950. The number of benzene rings is 1. The molecule has 0 spiro atoms. The van der Waals surface area contributed by atoms with Crippen LogP contribution >= 0.6 is 0 Å². The maximum Gasteiger partial charge on any atom is 0.0641 e. The van der Waals surface area contributed by atoms with Crippen molar-refractivity contribution in [2.24, 2.45) is 5.73 Å². The number of hydrogen-bond acceptors (Lipinski definition) is 3. The lowest BCUT2D eigenvalue weighted by Gasteiger charge is -2.39. The largest absolute Gasteiger partial charge is 0.326 e. The summed E-state index contributed by atoms with van der Waals surface area (Å²) in [5.41, 5.74) is 7.58. The van der Waals surface area contributed by atoms with Crippen molar-refractivity contribution in [1.29, 1.82) is 0 Å². The fourth-order valence-electron chi connectivity index (χ4n) is 3.21. The van der Waals surface area contributed by atoms with Crippen LogP contribution in [0.1, 0.15) is 18.4 Å². The quantitative estimate of drug-likeness (QED) is 0.796. The highest BCUT2D eigenvalue weighted by Gasteiger charge is 2.38. The number of nitrogens with zero attached hydrogens (tertiary/aromatic N) is 1. The second-order valence-corrected chi connectivity index (χ2v) is 5.21. The molecule has 3 atom stereocenters. The van der Waals surface area contributed by atoms with Gasteiger partial charge in [-0.3, -0.25) is 4.90 Å². The van der Waals surface area contributed by atoms with E-state index in [9.17, 15) is 0 Å². The molecule has 0 aliphatic carbocycles. The Morgan fingerprint density at radius 2 is 2.06 bits per heavy atom. The van der Waals surface area contributed by atoms with Gasteiger partial charge in [0.1, 0.15) is 0 Å². The highest BCUT2D eigenvalue weighted by molar-refractivity contribution is 5.16. The molecule has 0 amide bonds. The molecule has 1 aromatic carbocycles. The van der Waals surface area contributed by atoms with Crippen LogP contribution in [0.5, 0.6) is 0 Å². The van der Waals surface area contributed by atoms with Gasteiger partial charge in [-0.15, -0.1) is 0 Å². The third-order valence-corrected chi connectivity index (χ3v) is 4.13. The molecule has 0 saturated carbocycles. The second-order valence-electron chi connectivity index (χ2n) is 5.21. The van der Waals surface area contributed by atoms with Gasteiger partial charge in [0, 0.05) is 25.0 Å². The number of nitrogens with two attached hydrogens (primary N) is 1. The summed E-state index contributed by atoms with van der Waals surface area (Å²) < 4.78 is 0. The first-order valence-electron chi connectivity index (χ1n) is 6.63. The van der Waals surface area contributed by atoms with Crippen molar-refractivity contribution in [3.05, 3.63) is 35.9 Å². The summed E-state index contributed by atoms with van der Waals surface area (Å²) in [6, 6.07) is 11.7. The summed E-state index contributed by atoms with van der Waals surface area (Å²) in [7, 11) is 0. The zero-order valence-corrected chi connectivity index (χ0v) is 10.2. The molecule has 1 aromatic rings. The third kappa shape index (κ3) is 2.23. The molecule has 0 bridgehead atoms. The molecule has 17 heavy (non-hydrogen) atoms. The topological polar surface area (TPSA) is 41.3 Å². The van der Waals surface area contributed by atoms with Crippen LogP contribution < -0.4 is 11.1 Å². The van der Waals surface area contributed by atoms with Gasteiger partial charge in [-0.05, 0) is 24.9 Å². The molecular formula is C14H21N3. The van der Waals surface area contributed by atoms with Crippen molar-refractivity contribution in [3.63, 3.8) is 0 Å². The van der Waals surface area contributed by atoms with Gasteiger partial charge < -0.3 is 11.1 Å². The molecule has 2 saturated heterocycles. The van der Waals surface area contributed by atoms with Crippen molar-refractivity contribution >= 4 is 0 Å². The molecule has 3 nitrogen and oxygen atoms in total. The van der Waals surface area contributed by atoms with Crippen LogP contribution in [0.3, 0.4) is 0 Å². The van der Waals surface area contributed by atoms with Crippen molar-refractivity contribution in [2.45, 2.75) is 37.5 Å². The van der Waals surface area contributed by atoms with Gasteiger partial charge in [-0.2, -0.15) is 0 Å². The zero-order chi connectivity index (χ0) is 11.7. The number of hydrogen-bond donors (Lipinski definition) is 2. The van der Waals surface area contributed by atoms with Crippen molar-refractivity contribution in [3.8, 4) is 0 Å². The smallest absolute Gasteiger partial charge is 0.0641 e. The standard InChI is InChI=1S/C14H21N3/c15-12-7-9-17-13(12)6-8-16-14(17)10-11-4-2-1-3-5-11/h1-5,12-14,16H,6-10,15H2/t12-,13-,14?/m0/s1. The number of rotatable bonds is 2. The molecule has 92 valence electrons. The lowest BCUT2D eigenvalue weighted by Crippen LogP contribution is -2.57. The molecule has 2 aliphatic rings. The molecule has 2 heterocycles. The van der Waals surface area contributed by atoms with Crippen molar-refractivity contribution < 1.29 is 0 Å². The van der Waals surface area contributed by atoms with Gasteiger partial charge in [0.05, 0.1) is 6.17 Å². The lowest BCUT2D eigenvalue weighted by molar-refractivity contribution is 0.102. The average molecular weight is 231 g/mol. The molecule has 3 rings (SSSR count). The Kier molecular flexibility index (Phi) is 3.14. The summed E-state index contributed by atoms with van der Waals surface area (Å²) in [6.45, 7) is 2.25. The van der Waals surface area contributed by atoms with Crippen LogP contribution in [0.4, 0.5) is 0 Å². The first-order chi connectivity index (χ1) is 8.34. The van der Waals surface area contributed by atoms with Gasteiger partial charge >= 0.3 is 0 Å². The Balaban J connectivity index is 1.71. The minimum Gasteiger partial charge on any atom is -0.326 e. The van der Waals surface area contributed by atoms with Gasteiger partial charge in [-0.25, -0.2) is 0 Å². The van der Waals surface area contributed by atoms with Crippen LogP contribution in [0, 0.1) is 0 Å². The first-order valence-corrected chi connectivity index (χ1v) is 6.63. The highest BCUT2D eigenvalue weighted by Crippen LogP contribution is 2.25.